The first-order valence-electron chi connectivity index (χ1n) is 6.12. The van der Waals surface area contributed by atoms with Crippen LogP contribution in [0.5, 0.6) is 0 Å². The maximum atomic E-state index is 12.9. The zero-order valence-corrected chi connectivity index (χ0v) is 11.8. The molecule has 1 unspecified atom stereocenters. The number of likely N-dealkylation sites (N-methyl/N-ethyl adjacent to an activating group) is 1. The monoisotopic (exact) mass is 303 g/mol. The second-order valence-corrected chi connectivity index (χ2v) is 4.29. The van der Waals surface area contributed by atoms with Gasteiger partial charge >= 0.3 is 6.18 Å². The summed E-state index contributed by atoms with van der Waals surface area (Å²) in [7, 11) is 2.69. The summed E-state index contributed by atoms with van der Waals surface area (Å²) in [5.74, 6) is -1.21. The third-order valence-electron chi connectivity index (χ3n) is 2.85. The topological polar surface area (TPSA) is 70.2 Å². The highest BCUT2D eigenvalue weighted by atomic mass is 19.4. The molecule has 1 aromatic carbocycles. The van der Waals surface area contributed by atoms with E-state index in [1.165, 1.54) is 27.1 Å². The van der Waals surface area contributed by atoms with Crippen LogP contribution in [0.4, 0.5) is 18.9 Å². The van der Waals surface area contributed by atoms with Gasteiger partial charge in [0.1, 0.15) is 6.04 Å². The van der Waals surface area contributed by atoms with Gasteiger partial charge in [0, 0.05) is 14.1 Å². The van der Waals surface area contributed by atoms with E-state index in [1.807, 2.05) is 0 Å². The Morgan fingerprint density at radius 2 is 1.81 bits per heavy atom. The fraction of sp³-hybridized carbons (Fsp3) is 0.385. The molecule has 3 N–H and O–H groups in total. The molecule has 0 heterocycles. The molecule has 8 heteroatoms. The van der Waals surface area contributed by atoms with E-state index < -0.39 is 29.6 Å². The van der Waals surface area contributed by atoms with Gasteiger partial charge in [0.25, 0.3) is 5.91 Å². The molecule has 0 spiro atoms. The Hall–Kier alpha value is -2.25. The van der Waals surface area contributed by atoms with Gasteiger partial charge in [-0.2, -0.15) is 13.2 Å². The molecule has 0 saturated carbocycles. The number of carbonyl (C=O) groups excluding carboxylic acids is 2. The highest BCUT2D eigenvalue weighted by Crippen LogP contribution is 2.36. The summed E-state index contributed by atoms with van der Waals surface area (Å²) in [6.07, 6.45) is -4.58. The molecule has 0 aliphatic carbocycles. The molecule has 0 aliphatic rings. The van der Waals surface area contributed by atoms with Gasteiger partial charge in [-0.1, -0.05) is 6.07 Å². The van der Waals surface area contributed by atoms with Gasteiger partial charge in [0.2, 0.25) is 5.91 Å². The molecule has 0 aromatic heterocycles. The van der Waals surface area contributed by atoms with E-state index in [2.05, 4.69) is 16.0 Å². The summed E-state index contributed by atoms with van der Waals surface area (Å²) in [6, 6.07) is 2.42. The molecule has 1 atom stereocenters. The van der Waals surface area contributed by atoms with Crippen LogP contribution in [0, 0.1) is 0 Å². The minimum Gasteiger partial charge on any atom is -0.387 e. The first-order chi connectivity index (χ1) is 9.72. The van der Waals surface area contributed by atoms with Crippen molar-refractivity contribution in [3.05, 3.63) is 29.3 Å². The van der Waals surface area contributed by atoms with E-state index in [9.17, 15) is 22.8 Å². The molecule has 0 fully saturated rings. The van der Waals surface area contributed by atoms with E-state index in [-0.39, 0.29) is 11.3 Å². The molecular formula is C13H16F3N3O2. The first-order valence-corrected chi connectivity index (χ1v) is 6.12. The molecular weight excluding hydrogens is 287 g/mol. The third-order valence-corrected chi connectivity index (χ3v) is 2.85. The Morgan fingerprint density at radius 3 is 2.29 bits per heavy atom. The molecule has 116 valence electrons. The number of hydrogen-bond donors (Lipinski definition) is 3. The first kappa shape index (κ1) is 16.8. The second kappa shape index (κ2) is 6.47. The van der Waals surface area contributed by atoms with Gasteiger partial charge in [-0.05, 0) is 19.1 Å². The van der Waals surface area contributed by atoms with E-state index in [4.69, 9.17) is 0 Å². The molecule has 0 saturated heterocycles. The van der Waals surface area contributed by atoms with Gasteiger partial charge < -0.3 is 16.0 Å². The van der Waals surface area contributed by atoms with E-state index in [0.29, 0.717) is 0 Å². The molecule has 1 rings (SSSR count). The van der Waals surface area contributed by atoms with Crippen molar-refractivity contribution in [2.24, 2.45) is 0 Å². The van der Waals surface area contributed by atoms with Crippen LogP contribution in [0.15, 0.2) is 18.2 Å². The van der Waals surface area contributed by atoms with Crippen molar-refractivity contribution in [2.45, 2.75) is 19.1 Å². The molecule has 5 nitrogen and oxygen atoms in total. The molecule has 2 amide bonds. The summed E-state index contributed by atoms with van der Waals surface area (Å²) in [5, 5.41) is 7.07. The van der Waals surface area contributed by atoms with Crippen LogP contribution >= 0.6 is 0 Å². The fourth-order valence-corrected chi connectivity index (χ4v) is 1.80. The van der Waals surface area contributed by atoms with Crippen molar-refractivity contribution in [1.82, 2.24) is 10.6 Å². The predicted octanol–water partition coefficient (Wildman–Crippen LogP) is 1.61. The lowest BCUT2D eigenvalue weighted by Crippen LogP contribution is -2.43. The number of rotatable bonds is 4. The highest BCUT2D eigenvalue weighted by molar-refractivity contribution is 6.02. The van der Waals surface area contributed by atoms with Crippen molar-refractivity contribution >= 4 is 17.5 Å². The Balaban J connectivity index is 3.13. The summed E-state index contributed by atoms with van der Waals surface area (Å²) in [4.78, 5) is 23.4. The number of carbonyl (C=O) groups is 2. The number of halogens is 3. The van der Waals surface area contributed by atoms with Gasteiger partial charge in [-0.3, -0.25) is 9.59 Å². The minimum atomic E-state index is -4.58. The smallest absolute Gasteiger partial charge is 0.387 e. The van der Waals surface area contributed by atoms with Crippen LogP contribution in [0.3, 0.4) is 0 Å². The number of anilines is 1. The van der Waals surface area contributed by atoms with Gasteiger partial charge in [-0.15, -0.1) is 0 Å². The van der Waals surface area contributed by atoms with Crippen molar-refractivity contribution < 1.29 is 22.8 Å². The van der Waals surface area contributed by atoms with Crippen LogP contribution in [0.1, 0.15) is 22.8 Å². The van der Waals surface area contributed by atoms with Crippen molar-refractivity contribution in [2.75, 3.05) is 19.4 Å². The molecule has 0 radical (unpaired) electrons. The Kier molecular flexibility index (Phi) is 5.17. The SMILES string of the molecule is CNC(=O)C(C)NC(=O)c1cccc(C(F)(F)F)c1NC. The molecule has 1 aromatic rings. The van der Waals surface area contributed by atoms with Crippen LogP contribution in [-0.2, 0) is 11.0 Å². The van der Waals surface area contributed by atoms with Crippen LogP contribution in [0.2, 0.25) is 0 Å². The average Bonchev–Trinajstić information content (AvgIpc) is 2.44. The van der Waals surface area contributed by atoms with E-state index in [0.717, 1.165) is 12.1 Å². The minimum absolute atomic E-state index is 0.178. The normalized spacial score (nSPS) is 12.5. The van der Waals surface area contributed by atoms with Crippen molar-refractivity contribution in [3.8, 4) is 0 Å². The summed E-state index contributed by atoms with van der Waals surface area (Å²) in [5.41, 5.74) is -1.44. The number of para-hydroxylation sites is 1. The van der Waals surface area contributed by atoms with E-state index >= 15 is 0 Å². The summed E-state index contributed by atoms with van der Waals surface area (Å²) in [6.45, 7) is 1.43. The van der Waals surface area contributed by atoms with Gasteiger partial charge in [-0.25, -0.2) is 0 Å². The zero-order chi connectivity index (χ0) is 16.2. The lowest BCUT2D eigenvalue weighted by Gasteiger charge is -2.18. The lowest BCUT2D eigenvalue weighted by atomic mass is 10.1. The fourth-order valence-electron chi connectivity index (χ4n) is 1.80. The van der Waals surface area contributed by atoms with Crippen LogP contribution in [0.25, 0.3) is 0 Å². The van der Waals surface area contributed by atoms with Crippen LogP contribution in [-0.4, -0.2) is 32.0 Å². The Labute approximate surface area is 119 Å². The Bertz CT molecular complexity index is 544. The number of nitrogens with one attached hydrogen (secondary N) is 3. The van der Waals surface area contributed by atoms with Crippen LogP contribution < -0.4 is 16.0 Å². The summed E-state index contributed by atoms with van der Waals surface area (Å²) >= 11 is 0. The van der Waals surface area contributed by atoms with Gasteiger partial charge in [0.15, 0.2) is 0 Å². The van der Waals surface area contributed by atoms with Gasteiger partial charge in [0.05, 0.1) is 16.8 Å². The standard InChI is InChI=1S/C13H16F3N3O2/c1-7(11(20)18-3)19-12(21)8-5-4-6-9(10(8)17-2)13(14,15)16/h4-7,17H,1-3H3,(H,18,20)(H,19,21). The molecule has 0 aliphatic heterocycles. The molecule has 21 heavy (non-hydrogen) atoms. The third kappa shape index (κ3) is 3.87. The molecule has 0 bridgehead atoms. The lowest BCUT2D eigenvalue weighted by molar-refractivity contribution is -0.137. The maximum absolute atomic E-state index is 12.9. The largest absolute Gasteiger partial charge is 0.418 e. The van der Waals surface area contributed by atoms with Crippen molar-refractivity contribution in [3.63, 3.8) is 0 Å². The summed E-state index contributed by atoms with van der Waals surface area (Å²) < 4.78 is 38.7. The zero-order valence-electron chi connectivity index (χ0n) is 11.8. The highest BCUT2D eigenvalue weighted by Gasteiger charge is 2.35. The van der Waals surface area contributed by atoms with E-state index in [1.54, 1.807) is 0 Å². The number of amides is 2. The van der Waals surface area contributed by atoms with Crippen molar-refractivity contribution in [1.29, 1.82) is 0 Å². The second-order valence-electron chi connectivity index (χ2n) is 4.29. The Morgan fingerprint density at radius 1 is 1.19 bits per heavy atom. The maximum Gasteiger partial charge on any atom is 0.418 e. The number of benzene rings is 1. The number of hydrogen-bond acceptors (Lipinski definition) is 3. The predicted molar refractivity (Wildman–Crippen MR) is 72.0 cm³/mol. The average molecular weight is 303 g/mol. The quantitative estimate of drug-likeness (QED) is 0.791. The number of alkyl halides is 3.